The molecule has 0 saturated carbocycles. The molecule has 1 fully saturated rings. The topological polar surface area (TPSA) is 101 Å². The van der Waals surface area contributed by atoms with Crippen molar-refractivity contribution in [3.63, 3.8) is 0 Å². The maximum atomic E-state index is 12.9. The Morgan fingerprint density at radius 3 is 2.33 bits per heavy atom. The van der Waals surface area contributed by atoms with Gasteiger partial charge in [0.25, 0.3) is 5.69 Å². The fraction of sp³-hybridized carbons (Fsp3) is 0.286. The number of carbonyl (C=O) groups excluding carboxylic acids is 1. The Balaban J connectivity index is 1.66. The molecule has 1 saturated heterocycles. The molecule has 1 heterocycles. The number of amides is 1. The lowest BCUT2D eigenvalue weighted by Crippen LogP contribution is -2.50. The number of benzene rings is 2. The highest BCUT2D eigenvalue weighted by atomic mass is 32.2. The monoisotopic (exact) mass is 429 g/mol. The predicted octanol–water partition coefficient (Wildman–Crippen LogP) is 2.76. The minimum atomic E-state index is -3.62. The molecule has 30 heavy (non-hydrogen) atoms. The van der Waals surface area contributed by atoms with Gasteiger partial charge in [-0.3, -0.25) is 14.9 Å². The molecule has 0 bridgehead atoms. The molecule has 0 aliphatic carbocycles. The van der Waals surface area contributed by atoms with Gasteiger partial charge in [0.1, 0.15) is 0 Å². The first-order valence-corrected chi connectivity index (χ1v) is 10.9. The summed E-state index contributed by atoms with van der Waals surface area (Å²) < 4.78 is 27.1. The summed E-state index contributed by atoms with van der Waals surface area (Å²) >= 11 is 0. The molecule has 0 radical (unpaired) electrons. The maximum absolute atomic E-state index is 12.9. The summed E-state index contributed by atoms with van der Waals surface area (Å²) in [5.74, 6) is -0.309. The van der Waals surface area contributed by atoms with E-state index in [1.165, 1.54) is 27.4 Å². The van der Waals surface area contributed by atoms with E-state index in [0.29, 0.717) is 5.56 Å². The lowest BCUT2D eigenvalue weighted by molar-refractivity contribution is -0.385. The van der Waals surface area contributed by atoms with Crippen molar-refractivity contribution in [3.05, 3.63) is 75.3 Å². The van der Waals surface area contributed by atoms with E-state index < -0.39 is 14.9 Å². The van der Waals surface area contributed by atoms with Crippen LogP contribution in [0, 0.1) is 24.0 Å². The number of nitro benzene ring substituents is 1. The second-order valence-electron chi connectivity index (χ2n) is 7.12. The molecule has 1 aliphatic rings. The van der Waals surface area contributed by atoms with Crippen LogP contribution in [-0.4, -0.2) is 54.6 Å². The van der Waals surface area contributed by atoms with E-state index in [1.807, 2.05) is 13.8 Å². The van der Waals surface area contributed by atoms with E-state index in [-0.39, 0.29) is 42.7 Å². The van der Waals surface area contributed by atoms with Crippen LogP contribution in [0.5, 0.6) is 0 Å². The van der Waals surface area contributed by atoms with Crippen LogP contribution in [0.4, 0.5) is 5.69 Å². The van der Waals surface area contributed by atoms with Gasteiger partial charge in [0.2, 0.25) is 15.9 Å². The van der Waals surface area contributed by atoms with Crippen LogP contribution in [0.3, 0.4) is 0 Å². The first kappa shape index (κ1) is 21.7. The van der Waals surface area contributed by atoms with Gasteiger partial charge in [0.15, 0.2) is 0 Å². The number of piperazine rings is 1. The van der Waals surface area contributed by atoms with Crippen molar-refractivity contribution in [3.8, 4) is 0 Å². The second-order valence-corrected chi connectivity index (χ2v) is 9.06. The van der Waals surface area contributed by atoms with Crippen LogP contribution in [-0.2, 0) is 14.8 Å². The van der Waals surface area contributed by atoms with Crippen LogP contribution in [0.1, 0.15) is 16.7 Å². The number of nitrogens with zero attached hydrogens (tertiary/aromatic N) is 3. The summed E-state index contributed by atoms with van der Waals surface area (Å²) in [4.78, 5) is 24.8. The van der Waals surface area contributed by atoms with Gasteiger partial charge in [-0.1, -0.05) is 18.2 Å². The molecule has 9 heteroatoms. The van der Waals surface area contributed by atoms with Gasteiger partial charge in [-0.25, -0.2) is 8.42 Å². The quantitative estimate of drug-likeness (QED) is 0.413. The molecule has 158 valence electrons. The minimum absolute atomic E-state index is 0.0779. The molecule has 0 aromatic heterocycles. The molecule has 0 unspecified atom stereocenters. The van der Waals surface area contributed by atoms with Crippen LogP contribution >= 0.6 is 0 Å². The van der Waals surface area contributed by atoms with Crippen LogP contribution in [0.15, 0.2) is 53.4 Å². The fourth-order valence-electron chi connectivity index (χ4n) is 3.23. The summed E-state index contributed by atoms with van der Waals surface area (Å²) in [6.07, 6.45) is 2.70. The molecular weight excluding hydrogens is 406 g/mol. The van der Waals surface area contributed by atoms with Crippen LogP contribution in [0.25, 0.3) is 6.08 Å². The summed E-state index contributed by atoms with van der Waals surface area (Å²) in [5, 5.41) is 11.1. The summed E-state index contributed by atoms with van der Waals surface area (Å²) in [7, 11) is -3.62. The third-order valence-electron chi connectivity index (χ3n) is 5.21. The normalized spacial score (nSPS) is 15.5. The Hall–Kier alpha value is -3.04. The van der Waals surface area contributed by atoms with Gasteiger partial charge in [-0.05, 0) is 49.2 Å². The Kier molecular flexibility index (Phi) is 6.33. The van der Waals surface area contributed by atoms with Crippen molar-refractivity contribution in [2.75, 3.05) is 26.2 Å². The SMILES string of the molecule is Cc1ccc(S(=O)(=O)N2CCN(C(=O)C=Cc3ccccc3[N+](=O)[O-])CC2)cc1C. The summed E-state index contributed by atoms with van der Waals surface area (Å²) in [5.41, 5.74) is 2.19. The van der Waals surface area contributed by atoms with Crippen molar-refractivity contribution in [2.24, 2.45) is 0 Å². The smallest absolute Gasteiger partial charge is 0.276 e. The van der Waals surface area contributed by atoms with Crippen molar-refractivity contribution in [1.29, 1.82) is 0 Å². The first-order valence-electron chi connectivity index (χ1n) is 9.48. The highest BCUT2D eigenvalue weighted by molar-refractivity contribution is 7.89. The number of hydrogen-bond donors (Lipinski definition) is 0. The summed E-state index contributed by atoms with van der Waals surface area (Å²) in [6, 6.07) is 11.2. The highest BCUT2D eigenvalue weighted by Gasteiger charge is 2.29. The average Bonchev–Trinajstić information content (AvgIpc) is 2.74. The fourth-order valence-corrected chi connectivity index (χ4v) is 4.74. The molecule has 0 spiro atoms. The molecule has 0 N–H and O–H groups in total. The number of rotatable bonds is 5. The second kappa shape index (κ2) is 8.76. The van der Waals surface area contributed by atoms with E-state index in [1.54, 1.807) is 36.4 Å². The van der Waals surface area contributed by atoms with Crippen molar-refractivity contribution < 1.29 is 18.1 Å². The number of carbonyl (C=O) groups is 1. The van der Waals surface area contributed by atoms with E-state index in [0.717, 1.165) is 11.1 Å². The largest absolute Gasteiger partial charge is 0.337 e. The zero-order valence-electron chi connectivity index (χ0n) is 16.8. The Labute approximate surface area is 175 Å². The molecule has 1 aliphatic heterocycles. The number of para-hydroxylation sites is 1. The Bertz CT molecular complexity index is 1100. The molecule has 3 rings (SSSR count). The van der Waals surface area contributed by atoms with Gasteiger partial charge in [0, 0.05) is 38.3 Å². The maximum Gasteiger partial charge on any atom is 0.276 e. The Morgan fingerprint density at radius 2 is 1.70 bits per heavy atom. The van der Waals surface area contributed by atoms with Crippen molar-refractivity contribution in [1.82, 2.24) is 9.21 Å². The predicted molar refractivity (Wildman–Crippen MR) is 113 cm³/mol. The lowest BCUT2D eigenvalue weighted by Gasteiger charge is -2.33. The van der Waals surface area contributed by atoms with Gasteiger partial charge in [-0.2, -0.15) is 4.31 Å². The zero-order chi connectivity index (χ0) is 21.9. The molecule has 2 aromatic rings. The van der Waals surface area contributed by atoms with E-state index in [2.05, 4.69) is 0 Å². The molecule has 1 amide bonds. The van der Waals surface area contributed by atoms with Gasteiger partial charge < -0.3 is 4.90 Å². The van der Waals surface area contributed by atoms with E-state index in [4.69, 9.17) is 0 Å². The molecular formula is C21H23N3O5S. The third kappa shape index (κ3) is 4.58. The zero-order valence-corrected chi connectivity index (χ0v) is 17.6. The van der Waals surface area contributed by atoms with E-state index >= 15 is 0 Å². The number of hydrogen-bond acceptors (Lipinski definition) is 5. The number of sulfonamides is 1. The molecule has 2 aromatic carbocycles. The van der Waals surface area contributed by atoms with Crippen molar-refractivity contribution in [2.45, 2.75) is 18.7 Å². The standard InChI is InChI=1S/C21H23N3O5S/c1-16-7-9-19(15-17(16)2)30(28,29)23-13-11-22(12-14-23)21(25)10-8-18-5-3-4-6-20(18)24(26)27/h3-10,15H,11-14H2,1-2H3. The average molecular weight is 429 g/mol. The number of nitro groups is 1. The molecule has 0 atom stereocenters. The van der Waals surface area contributed by atoms with Crippen molar-refractivity contribution >= 4 is 27.7 Å². The first-order chi connectivity index (χ1) is 14.2. The van der Waals surface area contributed by atoms with Gasteiger partial charge >= 0.3 is 0 Å². The van der Waals surface area contributed by atoms with Crippen LogP contribution < -0.4 is 0 Å². The minimum Gasteiger partial charge on any atom is -0.337 e. The Morgan fingerprint density at radius 1 is 1.03 bits per heavy atom. The lowest BCUT2D eigenvalue weighted by atomic mass is 10.1. The van der Waals surface area contributed by atoms with E-state index in [9.17, 15) is 23.3 Å². The summed E-state index contributed by atoms with van der Waals surface area (Å²) in [6.45, 7) is 4.69. The highest BCUT2D eigenvalue weighted by Crippen LogP contribution is 2.21. The van der Waals surface area contributed by atoms with Crippen LogP contribution in [0.2, 0.25) is 0 Å². The molecule has 8 nitrogen and oxygen atoms in total. The van der Waals surface area contributed by atoms with Gasteiger partial charge in [0.05, 0.1) is 15.4 Å². The number of aryl methyl sites for hydroxylation is 2. The third-order valence-corrected chi connectivity index (χ3v) is 7.10. The van der Waals surface area contributed by atoms with Gasteiger partial charge in [-0.15, -0.1) is 0 Å².